The zero-order chi connectivity index (χ0) is 11.5. The van der Waals surface area contributed by atoms with Crippen molar-refractivity contribution >= 4 is 6.09 Å². The molecule has 3 N–H and O–H groups in total. The fourth-order valence-corrected chi connectivity index (χ4v) is 1.80. The van der Waals surface area contributed by atoms with Gasteiger partial charge in [0.25, 0.3) is 0 Å². The Labute approximate surface area is 91.5 Å². The number of ether oxygens (including phenoxy) is 1. The fraction of sp³-hybridized carbons (Fsp3) is 0.909. The van der Waals surface area contributed by atoms with Crippen molar-refractivity contribution in [3.05, 3.63) is 0 Å². The van der Waals surface area contributed by atoms with E-state index in [1.807, 2.05) is 20.8 Å². The number of hydrogen-bond donors (Lipinski definition) is 2. The number of nitrogens with two attached hydrogens (primary N) is 1. The first-order chi connectivity index (χ1) is 6.88. The van der Waals surface area contributed by atoms with E-state index < -0.39 is 5.60 Å². The van der Waals surface area contributed by atoms with Crippen LogP contribution < -0.4 is 11.1 Å². The number of amides is 1. The highest BCUT2D eigenvalue weighted by molar-refractivity contribution is 5.68. The average molecular weight is 214 g/mol. The normalized spacial score (nSPS) is 27.2. The first kappa shape index (κ1) is 12.3. The summed E-state index contributed by atoms with van der Waals surface area (Å²) in [5.41, 5.74) is 5.48. The van der Waals surface area contributed by atoms with E-state index >= 15 is 0 Å². The molecule has 0 aromatic rings. The van der Waals surface area contributed by atoms with Crippen LogP contribution in [0.4, 0.5) is 4.79 Å². The highest BCUT2D eigenvalue weighted by Crippen LogP contribution is 2.17. The van der Waals surface area contributed by atoms with Gasteiger partial charge >= 0.3 is 6.09 Å². The van der Waals surface area contributed by atoms with E-state index in [0.717, 1.165) is 25.7 Å². The molecule has 1 rings (SSSR count). The highest BCUT2D eigenvalue weighted by Gasteiger charge is 2.25. The summed E-state index contributed by atoms with van der Waals surface area (Å²) in [6, 6.07) is 0.153. The van der Waals surface area contributed by atoms with Gasteiger partial charge in [-0.2, -0.15) is 0 Å². The van der Waals surface area contributed by atoms with Crippen molar-refractivity contribution < 1.29 is 9.53 Å². The molecule has 0 aromatic heterocycles. The SMILES string of the molecule is CC(C)(C)OC(=O)NC1CCCC[C@@H]1N. The van der Waals surface area contributed by atoms with Gasteiger partial charge in [-0.1, -0.05) is 12.8 Å². The van der Waals surface area contributed by atoms with Crippen LogP contribution in [0.25, 0.3) is 0 Å². The van der Waals surface area contributed by atoms with Crippen LogP contribution in [0.1, 0.15) is 46.5 Å². The topological polar surface area (TPSA) is 64.3 Å². The van der Waals surface area contributed by atoms with Gasteiger partial charge in [0.05, 0.1) is 0 Å². The van der Waals surface area contributed by atoms with Gasteiger partial charge in [-0.3, -0.25) is 0 Å². The lowest BCUT2D eigenvalue weighted by atomic mass is 9.91. The van der Waals surface area contributed by atoms with Crippen molar-refractivity contribution in [3.8, 4) is 0 Å². The smallest absolute Gasteiger partial charge is 0.407 e. The largest absolute Gasteiger partial charge is 0.444 e. The molecule has 0 heterocycles. The summed E-state index contributed by atoms with van der Waals surface area (Å²) in [5, 5.41) is 2.84. The van der Waals surface area contributed by atoms with Crippen LogP contribution in [-0.2, 0) is 4.74 Å². The molecule has 1 amide bonds. The third kappa shape index (κ3) is 4.51. The van der Waals surface area contributed by atoms with Gasteiger partial charge in [-0.25, -0.2) is 4.79 Å². The molecular formula is C11H22N2O2. The van der Waals surface area contributed by atoms with Crippen LogP contribution in [0.15, 0.2) is 0 Å². The summed E-state index contributed by atoms with van der Waals surface area (Å²) in [5.74, 6) is 0. The number of nitrogens with one attached hydrogen (secondary N) is 1. The van der Waals surface area contributed by atoms with Crippen LogP contribution in [0, 0.1) is 0 Å². The van der Waals surface area contributed by atoms with Crippen LogP contribution in [-0.4, -0.2) is 23.8 Å². The van der Waals surface area contributed by atoms with E-state index in [9.17, 15) is 4.79 Å². The lowest BCUT2D eigenvalue weighted by molar-refractivity contribution is 0.0486. The maximum atomic E-state index is 11.5. The summed E-state index contributed by atoms with van der Waals surface area (Å²) in [7, 11) is 0. The zero-order valence-corrected chi connectivity index (χ0v) is 9.88. The molecule has 15 heavy (non-hydrogen) atoms. The summed E-state index contributed by atoms with van der Waals surface area (Å²) < 4.78 is 5.18. The van der Waals surface area contributed by atoms with Crippen molar-refractivity contribution in [2.24, 2.45) is 5.73 Å². The maximum Gasteiger partial charge on any atom is 0.407 e. The third-order valence-corrected chi connectivity index (χ3v) is 2.52. The summed E-state index contributed by atoms with van der Waals surface area (Å²) >= 11 is 0. The van der Waals surface area contributed by atoms with Gasteiger partial charge < -0.3 is 15.8 Å². The first-order valence-corrected chi connectivity index (χ1v) is 5.63. The molecular weight excluding hydrogens is 192 g/mol. The standard InChI is InChI=1S/C11H22N2O2/c1-11(2,3)15-10(14)13-9-7-5-4-6-8(9)12/h8-9H,4-7,12H2,1-3H3,(H,13,14)/t8-,9?/m0/s1. The van der Waals surface area contributed by atoms with Gasteiger partial charge in [-0.15, -0.1) is 0 Å². The predicted molar refractivity (Wildman–Crippen MR) is 59.6 cm³/mol. The first-order valence-electron chi connectivity index (χ1n) is 5.63. The Morgan fingerprint density at radius 1 is 1.33 bits per heavy atom. The van der Waals surface area contributed by atoms with Gasteiger partial charge in [0, 0.05) is 12.1 Å². The monoisotopic (exact) mass is 214 g/mol. The third-order valence-electron chi connectivity index (χ3n) is 2.52. The predicted octanol–water partition coefficient (Wildman–Crippen LogP) is 1.78. The second-order valence-corrected chi connectivity index (χ2v) is 5.20. The molecule has 1 aliphatic carbocycles. The van der Waals surface area contributed by atoms with Crippen LogP contribution in [0.3, 0.4) is 0 Å². The second kappa shape index (κ2) is 4.84. The van der Waals surface area contributed by atoms with Crippen LogP contribution in [0.5, 0.6) is 0 Å². The summed E-state index contributed by atoms with van der Waals surface area (Å²) in [4.78, 5) is 11.5. The van der Waals surface area contributed by atoms with E-state index in [-0.39, 0.29) is 18.2 Å². The molecule has 2 atom stereocenters. The molecule has 1 unspecified atom stereocenters. The fourth-order valence-electron chi connectivity index (χ4n) is 1.80. The molecule has 0 radical (unpaired) electrons. The van der Waals surface area contributed by atoms with E-state index in [1.54, 1.807) is 0 Å². The van der Waals surface area contributed by atoms with E-state index in [1.165, 1.54) is 0 Å². The number of hydrogen-bond acceptors (Lipinski definition) is 3. The van der Waals surface area contributed by atoms with E-state index in [4.69, 9.17) is 10.5 Å². The maximum absolute atomic E-state index is 11.5. The Morgan fingerprint density at radius 2 is 1.93 bits per heavy atom. The lowest BCUT2D eigenvalue weighted by Gasteiger charge is -2.30. The van der Waals surface area contributed by atoms with Crippen molar-refractivity contribution in [1.29, 1.82) is 0 Å². The Kier molecular flexibility index (Phi) is 3.97. The average Bonchev–Trinajstić information content (AvgIpc) is 2.05. The lowest BCUT2D eigenvalue weighted by Crippen LogP contribution is -2.50. The van der Waals surface area contributed by atoms with Gasteiger partial charge in [0.2, 0.25) is 0 Å². The van der Waals surface area contributed by atoms with Gasteiger partial charge in [0.1, 0.15) is 5.60 Å². The molecule has 0 bridgehead atoms. The van der Waals surface area contributed by atoms with Crippen molar-refractivity contribution in [3.63, 3.8) is 0 Å². The van der Waals surface area contributed by atoms with E-state index in [2.05, 4.69) is 5.32 Å². The minimum atomic E-state index is -0.442. The van der Waals surface area contributed by atoms with Crippen LogP contribution in [0.2, 0.25) is 0 Å². The highest BCUT2D eigenvalue weighted by atomic mass is 16.6. The summed E-state index contributed by atoms with van der Waals surface area (Å²) in [6.45, 7) is 5.56. The number of rotatable bonds is 1. The van der Waals surface area contributed by atoms with Gasteiger partial charge in [0.15, 0.2) is 0 Å². The minimum Gasteiger partial charge on any atom is -0.444 e. The Balaban J connectivity index is 2.36. The van der Waals surface area contributed by atoms with Crippen molar-refractivity contribution in [2.45, 2.75) is 64.1 Å². The molecule has 4 heteroatoms. The summed E-state index contributed by atoms with van der Waals surface area (Å²) in [6.07, 6.45) is 3.88. The van der Waals surface area contributed by atoms with Gasteiger partial charge in [-0.05, 0) is 33.6 Å². The Hall–Kier alpha value is -0.770. The quantitative estimate of drug-likeness (QED) is 0.699. The number of carbonyl (C=O) groups is 1. The second-order valence-electron chi connectivity index (χ2n) is 5.20. The molecule has 1 aliphatic rings. The number of alkyl carbamates (subject to hydrolysis) is 1. The van der Waals surface area contributed by atoms with Crippen molar-refractivity contribution in [1.82, 2.24) is 5.32 Å². The molecule has 1 saturated carbocycles. The van der Waals surface area contributed by atoms with Crippen LogP contribution >= 0.6 is 0 Å². The molecule has 4 nitrogen and oxygen atoms in total. The Bertz CT molecular complexity index is 223. The number of carbonyl (C=O) groups excluding carboxylic acids is 1. The molecule has 1 fully saturated rings. The Morgan fingerprint density at radius 3 is 2.47 bits per heavy atom. The molecule has 0 saturated heterocycles. The molecule has 88 valence electrons. The van der Waals surface area contributed by atoms with Crippen molar-refractivity contribution in [2.75, 3.05) is 0 Å². The minimum absolute atomic E-state index is 0.0752. The molecule has 0 spiro atoms. The van der Waals surface area contributed by atoms with E-state index in [0.29, 0.717) is 0 Å². The molecule has 0 aliphatic heterocycles. The zero-order valence-electron chi connectivity index (χ0n) is 9.88. The molecule has 0 aromatic carbocycles.